The summed E-state index contributed by atoms with van der Waals surface area (Å²) >= 11 is 0. The predicted molar refractivity (Wildman–Crippen MR) is 46.7 cm³/mol. The highest BCUT2D eigenvalue weighted by Crippen LogP contribution is 2.25. The van der Waals surface area contributed by atoms with Gasteiger partial charge in [0.2, 0.25) is 0 Å². The number of anilines is 1. The fourth-order valence-corrected chi connectivity index (χ4v) is 1.46. The summed E-state index contributed by atoms with van der Waals surface area (Å²) in [6, 6.07) is 7.67. The van der Waals surface area contributed by atoms with Gasteiger partial charge in [0, 0.05) is 12.1 Å². The van der Waals surface area contributed by atoms with Gasteiger partial charge in [-0.15, -0.1) is 0 Å². The molecule has 1 heterocycles. The zero-order chi connectivity index (χ0) is 9.26. The van der Waals surface area contributed by atoms with Crippen molar-refractivity contribution in [1.29, 1.82) is 0 Å². The van der Waals surface area contributed by atoms with Crippen molar-refractivity contribution in [2.45, 2.75) is 12.6 Å². The maximum Gasteiger partial charge on any atom is 0.507 e. The zero-order valence-corrected chi connectivity index (χ0v) is 6.86. The van der Waals surface area contributed by atoms with Crippen LogP contribution in [0.15, 0.2) is 24.3 Å². The molecule has 0 spiro atoms. The SMILES string of the molecule is O=C(O)O[C@H]1Cc2ccccc2N1. The third-order valence-corrected chi connectivity index (χ3v) is 1.98. The topological polar surface area (TPSA) is 58.6 Å². The molecule has 2 rings (SSSR count). The predicted octanol–water partition coefficient (Wildman–Crippen LogP) is 1.68. The summed E-state index contributed by atoms with van der Waals surface area (Å²) in [6.45, 7) is 0. The quantitative estimate of drug-likeness (QED) is 0.644. The van der Waals surface area contributed by atoms with Crippen LogP contribution in [0.1, 0.15) is 5.56 Å². The van der Waals surface area contributed by atoms with Crippen LogP contribution in [0, 0.1) is 0 Å². The lowest BCUT2D eigenvalue weighted by Crippen LogP contribution is -2.22. The molecular weight excluding hydrogens is 170 g/mol. The maximum absolute atomic E-state index is 10.2. The Hall–Kier alpha value is -1.71. The van der Waals surface area contributed by atoms with Crippen molar-refractivity contribution in [3.63, 3.8) is 0 Å². The van der Waals surface area contributed by atoms with Crippen molar-refractivity contribution in [2.24, 2.45) is 0 Å². The highest BCUT2D eigenvalue weighted by atomic mass is 16.7. The highest BCUT2D eigenvalue weighted by molar-refractivity contribution is 5.60. The van der Waals surface area contributed by atoms with Crippen molar-refractivity contribution in [3.05, 3.63) is 29.8 Å². The molecule has 13 heavy (non-hydrogen) atoms. The largest absolute Gasteiger partial charge is 0.507 e. The van der Waals surface area contributed by atoms with E-state index in [4.69, 9.17) is 5.11 Å². The van der Waals surface area contributed by atoms with Gasteiger partial charge >= 0.3 is 6.16 Å². The minimum Gasteiger partial charge on any atom is -0.450 e. The molecule has 1 aliphatic rings. The lowest BCUT2D eigenvalue weighted by atomic mass is 10.2. The Labute approximate surface area is 75.1 Å². The molecule has 0 saturated heterocycles. The Morgan fingerprint density at radius 2 is 2.31 bits per heavy atom. The number of ether oxygens (including phenoxy) is 1. The first kappa shape index (κ1) is 7.91. The lowest BCUT2D eigenvalue weighted by molar-refractivity contribution is 0.0651. The van der Waals surface area contributed by atoms with E-state index < -0.39 is 12.4 Å². The number of para-hydroxylation sites is 1. The fraction of sp³-hybridized carbons (Fsp3) is 0.222. The van der Waals surface area contributed by atoms with E-state index in [1.54, 1.807) is 0 Å². The zero-order valence-electron chi connectivity index (χ0n) is 6.86. The van der Waals surface area contributed by atoms with Gasteiger partial charge in [0.25, 0.3) is 0 Å². The Bertz CT molecular complexity index is 312. The van der Waals surface area contributed by atoms with Crippen LogP contribution in [0.4, 0.5) is 10.5 Å². The van der Waals surface area contributed by atoms with Crippen molar-refractivity contribution in [3.8, 4) is 0 Å². The first-order valence-corrected chi connectivity index (χ1v) is 4.00. The molecule has 0 aromatic heterocycles. The maximum atomic E-state index is 10.2. The molecule has 1 aromatic rings. The molecule has 0 radical (unpaired) electrons. The third kappa shape index (κ3) is 1.56. The number of hydrogen-bond donors (Lipinski definition) is 2. The van der Waals surface area contributed by atoms with Gasteiger partial charge in [-0.2, -0.15) is 0 Å². The van der Waals surface area contributed by atoms with Crippen LogP contribution in [0.5, 0.6) is 0 Å². The Morgan fingerprint density at radius 3 is 3.00 bits per heavy atom. The van der Waals surface area contributed by atoms with E-state index >= 15 is 0 Å². The first-order chi connectivity index (χ1) is 6.25. The summed E-state index contributed by atoms with van der Waals surface area (Å²) in [4.78, 5) is 10.2. The standard InChI is InChI=1S/C9H9NO3/c11-9(12)13-8-5-6-3-1-2-4-7(6)10-8/h1-4,8,10H,5H2,(H,11,12)/t8-/m0/s1. The van der Waals surface area contributed by atoms with Crippen LogP contribution in [-0.4, -0.2) is 17.5 Å². The van der Waals surface area contributed by atoms with Gasteiger partial charge < -0.3 is 15.2 Å². The van der Waals surface area contributed by atoms with E-state index in [0.29, 0.717) is 6.42 Å². The molecule has 4 heteroatoms. The normalized spacial score (nSPS) is 18.9. The second kappa shape index (κ2) is 2.97. The van der Waals surface area contributed by atoms with Crippen LogP contribution >= 0.6 is 0 Å². The smallest absolute Gasteiger partial charge is 0.450 e. The van der Waals surface area contributed by atoms with Crippen LogP contribution in [-0.2, 0) is 11.2 Å². The van der Waals surface area contributed by atoms with E-state index in [2.05, 4.69) is 10.1 Å². The van der Waals surface area contributed by atoms with Crippen LogP contribution in [0.3, 0.4) is 0 Å². The molecule has 4 nitrogen and oxygen atoms in total. The molecule has 1 atom stereocenters. The Morgan fingerprint density at radius 1 is 1.54 bits per heavy atom. The number of hydrogen-bond acceptors (Lipinski definition) is 3. The van der Waals surface area contributed by atoms with Gasteiger partial charge in [0.15, 0.2) is 6.23 Å². The molecule has 1 aliphatic heterocycles. The molecular formula is C9H9NO3. The molecule has 68 valence electrons. The number of carboxylic acid groups (broad SMARTS) is 1. The molecule has 0 amide bonds. The minimum absolute atomic E-state index is 0.435. The van der Waals surface area contributed by atoms with Gasteiger partial charge in [-0.25, -0.2) is 4.79 Å². The van der Waals surface area contributed by atoms with Crippen molar-refractivity contribution < 1.29 is 14.6 Å². The van der Waals surface area contributed by atoms with E-state index in [0.717, 1.165) is 11.3 Å². The van der Waals surface area contributed by atoms with Gasteiger partial charge in [-0.05, 0) is 11.6 Å². The molecule has 0 aliphatic carbocycles. The third-order valence-electron chi connectivity index (χ3n) is 1.98. The fourth-order valence-electron chi connectivity index (χ4n) is 1.46. The summed E-state index contributed by atoms with van der Waals surface area (Å²) in [7, 11) is 0. The summed E-state index contributed by atoms with van der Waals surface area (Å²) in [5.41, 5.74) is 2.04. The van der Waals surface area contributed by atoms with E-state index in [1.807, 2.05) is 24.3 Å². The van der Waals surface area contributed by atoms with Gasteiger partial charge in [-0.3, -0.25) is 0 Å². The molecule has 0 fully saturated rings. The van der Waals surface area contributed by atoms with Crippen LogP contribution in [0.25, 0.3) is 0 Å². The lowest BCUT2D eigenvalue weighted by Gasteiger charge is -2.08. The number of nitrogens with one attached hydrogen (secondary N) is 1. The summed E-state index contributed by atoms with van der Waals surface area (Å²) < 4.78 is 4.60. The van der Waals surface area contributed by atoms with Crippen molar-refractivity contribution >= 4 is 11.8 Å². The van der Waals surface area contributed by atoms with E-state index in [1.165, 1.54) is 0 Å². The van der Waals surface area contributed by atoms with Crippen molar-refractivity contribution in [1.82, 2.24) is 0 Å². The molecule has 0 bridgehead atoms. The van der Waals surface area contributed by atoms with E-state index in [-0.39, 0.29) is 0 Å². The molecule has 2 N–H and O–H groups in total. The summed E-state index contributed by atoms with van der Waals surface area (Å²) in [5.74, 6) is 0. The first-order valence-electron chi connectivity index (χ1n) is 4.00. The monoisotopic (exact) mass is 179 g/mol. The van der Waals surface area contributed by atoms with E-state index in [9.17, 15) is 4.79 Å². The molecule has 1 aromatic carbocycles. The summed E-state index contributed by atoms with van der Waals surface area (Å²) in [6.07, 6.45) is -1.08. The highest BCUT2D eigenvalue weighted by Gasteiger charge is 2.22. The Balaban J connectivity index is 2.09. The number of benzene rings is 1. The number of rotatable bonds is 1. The number of carbonyl (C=O) groups is 1. The Kier molecular flexibility index (Phi) is 1.81. The van der Waals surface area contributed by atoms with Crippen LogP contribution < -0.4 is 5.32 Å². The average molecular weight is 179 g/mol. The van der Waals surface area contributed by atoms with Gasteiger partial charge in [0.05, 0.1) is 0 Å². The minimum atomic E-state index is -1.25. The number of fused-ring (bicyclic) bond motifs is 1. The van der Waals surface area contributed by atoms with Gasteiger partial charge in [0.1, 0.15) is 0 Å². The van der Waals surface area contributed by atoms with Crippen LogP contribution in [0.2, 0.25) is 0 Å². The van der Waals surface area contributed by atoms with Crippen molar-refractivity contribution in [2.75, 3.05) is 5.32 Å². The molecule has 0 saturated carbocycles. The molecule has 0 unspecified atom stereocenters. The second-order valence-electron chi connectivity index (χ2n) is 2.88. The summed E-state index contributed by atoms with van der Waals surface area (Å²) in [5, 5.41) is 11.4. The average Bonchev–Trinajstić information content (AvgIpc) is 2.44. The van der Waals surface area contributed by atoms with Gasteiger partial charge in [-0.1, -0.05) is 18.2 Å². The second-order valence-corrected chi connectivity index (χ2v) is 2.88.